The maximum absolute atomic E-state index is 12.0. The van der Waals surface area contributed by atoms with Crippen LogP contribution in [0.5, 0.6) is 0 Å². The molecule has 0 unspecified atom stereocenters. The molecular weight excluding hydrogens is 270 g/mol. The molecule has 0 saturated heterocycles. The van der Waals surface area contributed by atoms with Gasteiger partial charge in [0.2, 0.25) is 5.76 Å². The summed E-state index contributed by atoms with van der Waals surface area (Å²) < 4.78 is 4.97. The first-order chi connectivity index (χ1) is 9.88. The summed E-state index contributed by atoms with van der Waals surface area (Å²) in [6, 6.07) is 8.39. The Hall–Kier alpha value is -2.56. The molecule has 0 aliphatic rings. The molecule has 1 atom stereocenters. The van der Waals surface area contributed by atoms with Gasteiger partial charge in [0.1, 0.15) is 0 Å². The monoisotopic (exact) mass is 287 g/mol. The van der Waals surface area contributed by atoms with Gasteiger partial charge in [-0.2, -0.15) is 0 Å². The zero-order valence-corrected chi connectivity index (χ0v) is 12.1. The molecule has 5 heteroatoms. The van der Waals surface area contributed by atoms with Crippen molar-refractivity contribution in [2.75, 3.05) is 0 Å². The van der Waals surface area contributed by atoms with E-state index in [0.29, 0.717) is 0 Å². The molecule has 1 heterocycles. The third-order valence-corrected chi connectivity index (χ3v) is 3.42. The Morgan fingerprint density at radius 3 is 2.33 bits per heavy atom. The summed E-state index contributed by atoms with van der Waals surface area (Å²) in [5.74, 6) is -1.90. The van der Waals surface area contributed by atoms with Crippen LogP contribution in [0.1, 0.15) is 50.8 Å². The second kappa shape index (κ2) is 5.83. The number of rotatable bonds is 4. The Balaban J connectivity index is 2.10. The second-order valence-corrected chi connectivity index (χ2v) is 5.01. The number of carbonyl (C=O) groups is 2. The predicted octanol–water partition coefficient (Wildman–Crippen LogP) is 3.09. The number of furan rings is 1. The maximum atomic E-state index is 12.0. The highest BCUT2D eigenvalue weighted by atomic mass is 16.4. The van der Waals surface area contributed by atoms with Crippen molar-refractivity contribution in [2.45, 2.75) is 26.8 Å². The molecule has 5 nitrogen and oxygen atoms in total. The number of hydrogen-bond donors (Lipinski definition) is 2. The number of carboxylic acid groups (broad SMARTS) is 1. The minimum absolute atomic E-state index is 0.0110. The molecule has 1 aromatic carbocycles. The Labute approximate surface area is 122 Å². The number of nitrogens with one attached hydrogen (secondary N) is 1. The fourth-order valence-electron chi connectivity index (χ4n) is 1.96. The van der Waals surface area contributed by atoms with E-state index in [2.05, 4.69) is 5.32 Å². The first-order valence-electron chi connectivity index (χ1n) is 6.59. The van der Waals surface area contributed by atoms with E-state index in [4.69, 9.17) is 9.52 Å². The van der Waals surface area contributed by atoms with E-state index in [1.165, 1.54) is 17.7 Å². The molecule has 0 bridgehead atoms. The van der Waals surface area contributed by atoms with E-state index >= 15 is 0 Å². The smallest absolute Gasteiger partial charge is 0.371 e. The number of benzene rings is 1. The first-order valence-corrected chi connectivity index (χ1v) is 6.59. The van der Waals surface area contributed by atoms with Crippen molar-refractivity contribution in [1.82, 2.24) is 5.32 Å². The fraction of sp³-hybridized carbons (Fsp3) is 0.250. The highest BCUT2D eigenvalue weighted by Gasteiger charge is 2.17. The Kier molecular flexibility index (Phi) is 4.12. The summed E-state index contributed by atoms with van der Waals surface area (Å²) >= 11 is 0. The third kappa shape index (κ3) is 3.31. The van der Waals surface area contributed by atoms with Crippen LogP contribution >= 0.6 is 0 Å². The largest absolute Gasteiger partial charge is 0.475 e. The van der Waals surface area contributed by atoms with Gasteiger partial charge in [0.25, 0.3) is 5.91 Å². The van der Waals surface area contributed by atoms with Gasteiger partial charge < -0.3 is 14.8 Å². The molecule has 0 radical (unpaired) electrons. The van der Waals surface area contributed by atoms with Gasteiger partial charge in [-0.05, 0) is 49.6 Å². The summed E-state index contributed by atoms with van der Waals surface area (Å²) in [6.45, 7) is 5.90. The Bertz CT molecular complexity index is 687. The van der Waals surface area contributed by atoms with Gasteiger partial charge in [-0.15, -0.1) is 0 Å². The SMILES string of the molecule is Cc1ccc([C@H](C)NC(=O)c2ccc(C(=O)O)o2)cc1C. The van der Waals surface area contributed by atoms with Crippen LogP contribution in [0, 0.1) is 13.8 Å². The van der Waals surface area contributed by atoms with Gasteiger partial charge in [-0.3, -0.25) is 4.79 Å². The summed E-state index contributed by atoms with van der Waals surface area (Å²) in [7, 11) is 0. The summed E-state index contributed by atoms with van der Waals surface area (Å²) in [4.78, 5) is 22.7. The minimum Gasteiger partial charge on any atom is -0.475 e. The van der Waals surface area contributed by atoms with Crippen LogP contribution in [-0.4, -0.2) is 17.0 Å². The van der Waals surface area contributed by atoms with Gasteiger partial charge in [0.05, 0.1) is 6.04 Å². The van der Waals surface area contributed by atoms with Gasteiger partial charge in [-0.25, -0.2) is 4.79 Å². The van der Waals surface area contributed by atoms with E-state index < -0.39 is 11.9 Å². The van der Waals surface area contributed by atoms with E-state index in [1.807, 2.05) is 39.0 Å². The number of hydrogen-bond acceptors (Lipinski definition) is 3. The summed E-state index contributed by atoms with van der Waals surface area (Å²) in [6.07, 6.45) is 0. The van der Waals surface area contributed by atoms with Crippen LogP contribution in [0.2, 0.25) is 0 Å². The Morgan fingerprint density at radius 1 is 1.10 bits per heavy atom. The fourth-order valence-corrected chi connectivity index (χ4v) is 1.96. The zero-order valence-electron chi connectivity index (χ0n) is 12.1. The molecule has 110 valence electrons. The molecule has 21 heavy (non-hydrogen) atoms. The van der Waals surface area contributed by atoms with Crippen LogP contribution in [-0.2, 0) is 0 Å². The van der Waals surface area contributed by atoms with Crippen molar-refractivity contribution >= 4 is 11.9 Å². The van der Waals surface area contributed by atoms with Crippen LogP contribution in [0.15, 0.2) is 34.7 Å². The molecule has 0 aliphatic carbocycles. The molecule has 0 aliphatic heterocycles. The topological polar surface area (TPSA) is 79.5 Å². The average Bonchev–Trinajstić information content (AvgIpc) is 2.91. The van der Waals surface area contributed by atoms with Gasteiger partial charge in [0, 0.05) is 0 Å². The normalized spacial score (nSPS) is 12.0. The van der Waals surface area contributed by atoms with Crippen molar-refractivity contribution in [3.8, 4) is 0 Å². The van der Waals surface area contributed by atoms with E-state index in [9.17, 15) is 9.59 Å². The van der Waals surface area contributed by atoms with Crippen molar-refractivity contribution in [2.24, 2.45) is 0 Å². The van der Waals surface area contributed by atoms with Crippen LogP contribution in [0.4, 0.5) is 0 Å². The number of carboxylic acids is 1. The van der Waals surface area contributed by atoms with Gasteiger partial charge in [-0.1, -0.05) is 18.2 Å². The van der Waals surface area contributed by atoms with Crippen molar-refractivity contribution < 1.29 is 19.1 Å². The predicted molar refractivity (Wildman–Crippen MR) is 77.5 cm³/mol. The number of carbonyl (C=O) groups excluding carboxylic acids is 1. The lowest BCUT2D eigenvalue weighted by atomic mass is 10.0. The molecule has 0 saturated carbocycles. The highest BCUT2D eigenvalue weighted by Crippen LogP contribution is 2.17. The van der Waals surface area contributed by atoms with E-state index in [1.54, 1.807) is 0 Å². The highest BCUT2D eigenvalue weighted by molar-refractivity contribution is 5.93. The van der Waals surface area contributed by atoms with Crippen molar-refractivity contribution in [3.05, 3.63) is 58.5 Å². The number of amides is 1. The lowest BCUT2D eigenvalue weighted by Crippen LogP contribution is -2.26. The minimum atomic E-state index is -1.20. The van der Waals surface area contributed by atoms with Crippen molar-refractivity contribution in [1.29, 1.82) is 0 Å². The molecule has 2 N–H and O–H groups in total. The van der Waals surface area contributed by atoms with Crippen LogP contribution in [0.25, 0.3) is 0 Å². The number of aryl methyl sites for hydroxylation is 2. The molecule has 2 aromatic rings. The van der Waals surface area contributed by atoms with Crippen molar-refractivity contribution in [3.63, 3.8) is 0 Å². The van der Waals surface area contributed by atoms with E-state index in [-0.39, 0.29) is 17.6 Å². The number of aromatic carboxylic acids is 1. The quantitative estimate of drug-likeness (QED) is 0.905. The average molecular weight is 287 g/mol. The van der Waals surface area contributed by atoms with E-state index in [0.717, 1.165) is 11.1 Å². The lowest BCUT2D eigenvalue weighted by Gasteiger charge is -2.14. The second-order valence-electron chi connectivity index (χ2n) is 5.01. The molecule has 0 fully saturated rings. The standard InChI is InChI=1S/C16H17NO4/c1-9-4-5-12(8-10(9)2)11(3)17-15(18)13-6-7-14(21-13)16(19)20/h4-8,11H,1-3H3,(H,17,18)(H,19,20)/t11-/m0/s1. The molecule has 1 amide bonds. The Morgan fingerprint density at radius 2 is 1.76 bits per heavy atom. The summed E-state index contributed by atoms with van der Waals surface area (Å²) in [5.41, 5.74) is 3.32. The first kappa shape index (κ1) is 14.8. The van der Waals surface area contributed by atoms with Crippen LogP contribution < -0.4 is 5.32 Å². The summed E-state index contributed by atoms with van der Waals surface area (Å²) in [5, 5.41) is 11.6. The van der Waals surface area contributed by atoms with Gasteiger partial charge >= 0.3 is 5.97 Å². The van der Waals surface area contributed by atoms with Gasteiger partial charge in [0.15, 0.2) is 5.76 Å². The molecular formula is C16H17NO4. The molecule has 0 spiro atoms. The third-order valence-electron chi connectivity index (χ3n) is 3.42. The lowest BCUT2D eigenvalue weighted by molar-refractivity contribution is 0.0659. The maximum Gasteiger partial charge on any atom is 0.371 e. The zero-order chi connectivity index (χ0) is 15.6. The molecule has 2 rings (SSSR count). The molecule has 1 aromatic heterocycles. The van der Waals surface area contributed by atoms with Crippen LogP contribution in [0.3, 0.4) is 0 Å².